The van der Waals surface area contributed by atoms with Crippen LogP contribution in [0.2, 0.25) is 19.6 Å². The Kier molecular flexibility index (Phi) is 10.8. The zero-order valence-corrected chi connectivity index (χ0v) is 15.9. The number of ether oxygens (including phenoxy) is 2. The van der Waals surface area contributed by atoms with E-state index in [9.17, 15) is 0 Å². The average molecular weight is 311 g/mol. The van der Waals surface area contributed by atoms with E-state index in [2.05, 4.69) is 51.5 Å². The van der Waals surface area contributed by atoms with Crippen molar-refractivity contribution < 1.29 is 9.47 Å². The van der Waals surface area contributed by atoms with Crippen LogP contribution in [0, 0.1) is 29.2 Å². The highest BCUT2D eigenvalue weighted by atomic mass is 28.3. The SMILES string of the molecule is C=CC[C@H](C#C[Si](C)(C)C)[C@H](CCCOCOC)C(C)C. The maximum atomic E-state index is 5.40. The molecule has 0 aliphatic rings. The summed E-state index contributed by atoms with van der Waals surface area (Å²) in [4.78, 5) is 0. The molecule has 0 heterocycles. The zero-order chi connectivity index (χ0) is 16.3. The average Bonchev–Trinajstić information content (AvgIpc) is 2.38. The molecule has 0 fully saturated rings. The molecule has 2 atom stereocenters. The topological polar surface area (TPSA) is 18.5 Å². The Labute approximate surface area is 133 Å². The normalized spacial score (nSPS) is 14.4. The van der Waals surface area contributed by atoms with Gasteiger partial charge in [0.2, 0.25) is 0 Å². The van der Waals surface area contributed by atoms with Gasteiger partial charge in [-0.3, -0.25) is 0 Å². The Morgan fingerprint density at radius 3 is 2.38 bits per heavy atom. The third kappa shape index (κ3) is 10.8. The molecule has 0 bridgehead atoms. The summed E-state index contributed by atoms with van der Waals surface area (Å²) in [5, 5.41) is 0. The molecular formula is C18H34O2Si. The van der Waals surface area contributed by atoms with Gasteiger partial charge in [-0.05, 0) is 31.1 Å². The van der Waals surface area contributed by atoms with Crippen molar-refractivity contribution in [1.29, 1.82) is 0 Å². The molecule has 2 nitrogen and oxygen atoms in total. The van der Waals surface area contributed by atoms with Crippen molar-refractivity contribution in [2.75, 3.05) is 20.5 Å². The van der Waals surface area contributed by atoms with Crippen LogP contribution in [0.3, 0.4) is 0 Å². The summed E-state index contributed by atoms with van der Waals surface area (Å²) >= 11 is 0. The molecule has 0 saturated carbocycles. The van der Waals surface area contributed by atoms with Crippen molar-refractivity contribution in [2.24, 2.45) is 17.8 Å². The van der Waals surface area contributed by atoms with E-state index in [0.29, 0.717) is 24.5 Å². The van der Waals surface area contributed by atoms with E-state index in [4.69, 9.17) is 9.47 Å². The molecule has 0 spiro atoms. The summed E-state index contributed by atoms with van der Waals surface area (Å²) in [5.74, 6) is 5.24. The molecule has 0 aliphatic carbocycles. The van der Waals surface area contributed by atoms with Gasteiger partial charge >= 0.3 is 0 Å². The standard InChI is InChI=1S/C18H34O2Si/c1-8-10-17(12-14-21(5,6)7)18(16(2)3)11-9-13-20-15-19-4/h8,16-18H,1,9-11,13,15H2,2-7H3/t17-,18-/m1/s1. The maximum absolute atomic E-state index is 5.40. The number of hydrogen-bond donors (Lipinski definition) is 0. The van der Waals surface area contributed by atoms with Crippen LogP contribution in [0.4, 0.5) is 0 Å². The van der Waals surface area contributed by atoms with Crippen LogP contribution in [0.5, 0.6) is 0 Å². The number of methoxy groups -OCH3 is 1. The van der Waals surface area contributed by atoms with Crippen molar-refractivity contribution in [3.8, 4) is 11.5 Å². The first-order valence-electron chi connectivity index (χ1n) is 8.02. The van der Waals surface area contributed by atoms with Gasteiger partial charge in [-0.2, -0.15) is 0 Å². The molecule has 0 aromatic rings. The fourth-order valence-corrected chi connectivity index (χ4v) is 3.01. The first-order valence-corrected chi connectivity index (χ1v) is 11.5. The maximum Gasteiger partial charge on any atom is 0.146 e. The summed E-state index contributed by atoms with van der Waals surface area (Å²) < 4.78 is 10.3. The fourth-order valence-electron chi connectivity index (χ4n) is 2.39. The molecule has 3 heteroatoms. The Hall–Kier alpha value is -0.563. The van der Waals surface area contributed by atoms with Gasteiger partial charge in [0.25, 0.3) is 0 Å². The van der Waals surface area contributed by atoms with Gasteiger partial charge in [0.15, 0.2) is 0 Å². The van der Waals surface area contributed by atoms with Crippen LogP contribution < -0.4 is 0 Å². The summed E-state index contributed by atoms with van der Waals surface area (Å²) in [5.41, 5.74) is 3.54. The Morgan fingerprint density at radius 1 is 1.24 bits per heavy atom. The van der Waals surface area contributed by atoms with E-state index in [1.54, 1.807) is 7.11 Å². The first kappa shape index (κ1) is 20.4. The third-order valence-electron chi connectivity index (χ3n) is 3.45. The number of allylic oxidation sites excluding steroid dienone is 1. The predicted octanol–water partition coefficient (Wildman–Crippen LogP) is 4.73. The zero-order valence-electron chi connectivity index (χ0n) is 14.9. The van der Waals surface area contributed by atoms with Gasteiger partial charge < -0.3 is 9.47 Å². The van der Waals surface area contributed by atoms with Crippen molar-refractivity contribution in [2.45, 2.75) is 52.8 Å². The first-order chi connectivity index (χ1) is 9.81. The van der Waals surface area contributed by atoms with Crippen molar-refractivity contribution in [1.82, 2.24) is 0 Å². The lowest BCUT2D eigenvalue weighted by Gasteiger charge is -2.26. The van der Waals surface area contributed by atoms with Crippen LogP contribution >= 0.6 is 0 Å². The van der Waals surface area contributed by atoms with Crippen LogP contribution in [0.15, 0.2) is 12.7 Å². The van der Waals surface area contributed by atoms with Gasteiger partial charge in [0.05, 0.1) is 0 Å². The highest BCUT2D eigenvalue weighted by molar-refractivity contribution is 6.83. The minimum absolute atomic E-state index is 0.387. The quantitative estimate of drug-likeness (QED) is 0.191. The van der Waals surface area contributed by atoms with Gasteiger partial charge in [-0.1, -0.05) is 39.6 Å². The van der Waals surface area contributed by atoms with Crippen LogP contribution in [0.1, 0.15) is 33.1 Å². The van der Waals surface area contributed by atoms with Crippen LogP contribution in [0.25, 0.3) is 0 Å². The highest BCUT2D eigenvalue weighted by Gasteiger charge is 2.22. The molecule has 0 amide bonds. The molecule has 0 N–H and O–H groups in total. The Bertz CT molecular complexity index is 333. The largest absolute Gasteiger partial charge is 0.359 e. The molecule has 21 heavy (non-hydrogen) atoms. The predicted molar refractivity (Wildman–Crippen MR) is 94.8 cm³/mol. The fraction of sp³-hybridized carbons (Fsp3) is 0.778. The summed E-state index contributed by atoms with van der Waals surface area (Å²) in [6.45, 7) is 16.6. The minimum Gasteiger partial charge on any atom is -0.359 e. The highest BCUT2D eigenvalue weighted by Crippen LogP contribution is 2.28. The van der Waals surface area contributed by atoms with Gasteiger partial charge in [-0.15, -0.1) is 18.0 Å². The smallest absolute Gasteiger partial charge is 0.146 e. The molecule has 122 valence electrons. The third-order valence-corrected chi connectivity index (χ3v) is 4.35. The van der Waals surface area contributed by atoms with Crippen molar-refractivity contribution in [3.05, 3.63) is 12.7 Å². The van der Waals surface area contributed by atoms with E-state index >= 15 is 0 Å². The number of hydrogen-bond acceptors (Lipinski definition) is 2. The van der Waals surface area contributed by atoms with Gasteiger partial charge in [0, 0.05) is 19.6 Å². The van der Waals surface area contributed by atoms with Gasteiger partial charge in [-0.25, -0.2) is 0 Å². The molecule has 0 aliphatic heterocycles. The monoisotopic (exact) mass is 310 g/mol. The molecule has 0 saturated heterocycles. The second-order valence-corrected chi connectivity index (χ2v) is 11.8. The summed E-state index contributed by atoms with van der Waals surface area (Å²) in [7, 11) is 0.341. The minimum atomic E-state index is -1.32. The second-order valence-electron chi connectivity index (χ2n) is 7.02. The lowest BCUT2D eigenvalue weighted by atomic mass is 9.79. The molecular weight excluding hydrogens is 276 g/mol. The molecule has 0 radical (unpaired) electrons. The molecule has 0 unspecified atom stereocenters. The van der Waals surface area contributed by atoms with E-state index < -0.39 is 8.07 Å². The lowest BCUT2D eigenvalue weighted by Crippen LogP contribution is -2.22. The van der Waals surface area contributed by atoms with Crippen LogP contribution in [-0.4, -0.2) is 28.6 Å². The second kappa shape index (κ2) is 11.1. The summed E-state index contributed by atoms with van der Waals surface area (Å²) in [6, 6.07) is 0. The molecule has 0 aromatic carbocycles. The molecule has 0 rings (SSSR count). The van der Waals surface area contributed by atoms with E-state index in [1.165, 1.54) is 0 Å². The van der Waals surface area contributed by atoms with Crippen LogP contribution in [-0.2, 0) is 9.47 Å². The van der Waals surface area contributed by atoms with Gasteiger partial charge in [0.1, 0.15) is 14.9 Å². The Balaban J connectivity index is 4.66. The van der Waals surface area contributed by atoms with Crippen molar-refractivity contribution >= 4 is 8.07 Å². The number of rotatable bonds is 10. The lowest BCUT2D eigenvalue weighted by molar-refractivity contribution is -0.0329. The van der Waals surface area contributed by atoms with Crippen molar-refractivity contribution in [3.63, 3.8) is 0 Å². The van der Waals surface area contributed by atoms with E-state index in [1.807, 2.05) is 6.08 Å². The van der Waals surface area contributed by atoms with E-state index in [-0.39, 0.29) is 0 Å². The Morgan fingerprint density at radius 2 is 1.90 bits per heavy atom. The summed E-state index contributed by atoms with van der Waals surface area (Å²) in [6.07, 6.45) is 5.22. The van der Waals surface area contributed by atoms with E-state index in [0.717, 1.165) is 25.9 Å². The molecule has 0 aromatic heterocycles.